The Morgan fingerprint density at radius 1 is 0.862 bits per heavy atom. The summed E-state index contributed by atoms with van der Waals surface area (Å²) in [6.07, 6.45) is 5.02. The van der Waals surface area contributed by atoms with E-state index in [1.54, 1.807) is 61.7 Å². The van der Waals surface area contributed by atoms with Crippen LogP contribution in [0, 0.1) is 0 Å². The van der Waals surface area contributed by atoms with Crippen LogP contribution in [-0.2, 0) is 9.59 Å². The Morgan fingerprint density at radius 2 is 1.38 bits per heavy atom. The number of carboxylic acid groups (broad SMARTS) is 1. The largest absolute Gasteiger partial charge is 0.508 e. The van der Waals surface area contributed by atoms with Gasteiger partial charge in [-0.25, -0.2) is 0 Å². The molecule has 6 nitrogen and oxygen atoms in total. The maximum absolute atomic E-state index is 12.5. The number of rotatable bonds is 9. The van der Waals surface area contributed by atoms with Crippen molar-refractivity contribution in [3.63, 3.8) is 0 Å². The minimum Gasteiger partial charge on any atom is -0.508 e. The number of ketones is 1. The van der Waals surface area contributed by atoms with Gasteiger partial charge in [-0.3, -0.25) is 9.59 Å². The number of hydrogen-bond donors (Lipinski definition) is 2. The molecule has 0 radical (unpaired) electrons. The first-order valence-electron chi connectivity index (χ1n) is 8.75. The van der Waals surface area contributed by atoms with Crippen molar-refractivity contribution < 1.29 is 29.3 Å². The summed E-state index contributed by atoms with van der Waals surface area (Å²) in [5.74, 6) is -0.952. The van der Waals surface area contributed by atoms with E-state index in [2.05, 4.69) is 0 Å². The third-order valence-electron chi connectivity index (χ3n) is 3.98. The number of carboxylic acids is 1. The van der Waals surface area contributed by atoms with E-state index in [4.69, 9.17) is 14.6 Å². The lowest BCUT2D eigenvalue weighted by Gasteiger charge is -2.04. The van der Waals surface area contributed by atoms with Gasteiger partial charge in [-0.1, -0.05) is 36.4 Å². The third-order valence-corrected chi connectivity index (χ3v) is 3.98. The molecule has 0 saturated heterocycles. The maximum atomic E-state index is 12.5. The molecule has 6 heteroatoms. The summed E-state index contributed by atoms with van der Waals surface area (Å²) < 4.78 is 10.3. The van der Waals surface area contributed by atoms with Crippen LogP contribution in [0.2, 0.25) is 0 Å². The second-order valence-electron chi connectivity index (χ2n) is 6.02. The average Bonchev–Trinajstić information content (AvgIpc) is 2.74. The number of carbonyl (C=O) groups excluding carboxylic acids is 1. The predicted octanol–water partition coefficient (Wildman–Crippen LogP) is 4.29. The Bertz CT molecular complexity index is 969. The zero-order chi connectivity index (χ0) is 21.2. The molecule has 0 atom stereocenters. The second kappa shape index (κ2) is 10.5. The van der Waals surface area contributed by atoms with Crippen LogP contribution in [0.5, 0.6) is 11.5 Å². The summed E-state index contributed by atoms with van der Waals surface area (Å²) in [4.78, 5) is 23.7. The monoisotopic (exact) mass is 394 g/mol. The van der Waals surface area contributed by atoms with Crippen LogP contribution < -0.4 is 9.47 Å². The summed E-state index contributed by atoms with van der Waals surface area (Å²) >= 11 is 0. The molecule has 0 heterocycles. The molecule has 0 aromatic heterocycles. The molecular weight excluding hydrogens is 372 g/mol. The molecule has 0 aliphatic heterocycles. The van der Waals surface area contributed by atoms with Crippen molar-refractivity contribution in [2.45, 2.75) is 6.42 Å². The number of methoxy groups -OCH3 is 2. The molecule has 0 spiro atoms. The van der Waals surface area contributed by atoms with Gasteiger partial charge in [-0.15, -0.1) is 0 Å². The highest BCUT2D eigenvalue weighted by Crippen LogP contribution is 2.18. The summed E-state index contributed by atoms with van der Waals surface area (Å²) in [6, 6.07) is 14.1. The number of aliphatic hydroxyl groups excluding tert-OH is 1. The molecule has 2 aromatic carbocycles. The minimum atomic E-state index is -1.22. The van der Waals surface area contributed by atoms with Gasteiger partial charge in [0, 0.05) is 0 Å². The molecule has 0 aliphatic rings. The SMILES string of the molecule is COc1cccc(/C=C/C(=O)C(CC(=O)O)=C(O)/C=C/c2cccc(OC)c2)c1. The number of hydrogen-bond acceptors (Lipinski definition) is 5. The van der Waals surface area contributed by atoms with Gasteiger partial charge in [-0.05, 0) is 47.5 Å². The van der Waals surface area contributed by atoms with Crippen LogP contribution in [0.25, 0.3) is 12.2 Å². The fourth-order valence-corrected chi connectivity index (χ4v) is 2.49. The van der Waals surface area contributed by atoms with E-state index in [0.717, 1.165) is 5.56 Å². The average molecular weight is 394 g/mol. The van der Waals surface area contributed by atoms with E-state index < -0.39 is 23.9 Å². The van der Waals surface area contributed by atoms with E-state index in [1.165, 1.54) is 25.3 Å². The van der Waals surface area contributed by atoms with Crippen molar-refractivity contribution >= 4 is 23.9 Å². The molecule has 0 bridgehead atoms. The molecule has 0 unspecified atom stereocenters. The zero-order valence-corrected chi connectivity index (χ0v) is 16.2. The van der Waals surface area contributed by atoms with Gasteiger partial charge in [0.15, 0.2) is 5.78 Å². The lowest BCUT2D eigenvalue weighted by molar-refractivity contribution is -0.136. The van der Waals surface area contributed by atoms with Gasteiger partial charge >= 0.3 is 5.97 Å². The summed E-state index contributed by atoms with van der Waals surface area (Å²) in [6.45, 7) is 0. The van der Waals surface area contributed by atoms with Crippen molar-refractivity contribution in [3.05, 3.63) is 83.1 Å². The molecule has 0 saturated carbocycles. The Morgan fingerprint density at radius 3 is 1.86 bits per heavy atom. The highest BCUT2D eigenvalue weighted by Gasteiger charge is 2.15. The van der Waals surface area contributed by atoms with E-state index in [9.17, 15) is 14.7 Å². The summed E-state index contributed by atoms with van der Waals surface area (Å²) in [7, 11) is 3.08. The van der Waals surface area contributed by atoms with Crippen molar-refractivity contribution in [2.24, 2.45) is 0 Å². The third kappa shape index (κ3) is 6.70. The highest BCUT2D eigenvalue weighted by atomic mass is 16.5. The number of benzene rings is 2. The van der Waals surface area contributed by atoms with E-state index in [0.29, 0.717) is 17.1 Å². The molecule has 150 valence electrons. The predicted molar refractivity (Wildman–Crippen MR) is 111 cm³/mol. The number of ether oxygens (including phenoxy) is 2. The summed E-state index contributed by atoms with van der Waals surface area (Å²) in [5, 5.41) is 19.4. The van der Waals surface area contributed by atoms with Gasteiger partial charge in [0.05, 0.1) is 26.2 Å². The quantitative estimate of drug-likeness (QED) is 0.374. The fraction of sp³-hybridized carbons (Fsp3) is 0.130. The maximum Gasteiger partial charge on any atom is 0.308 e. The lowest BCUT2D eigenvalue weighted by atomic mass is 10.0. The van der Waals surface area contributed by atoms with Gasteiger partial charge in [0.1, 0.15) is 17.3 Å². The molecule has 29 heavy (non-hydrogen) atoms. The Balaban J connectivity index is 2.27. The van der Waals surface area contributed by atoms with Gasteiger partial charge in [0.2, 0.25) is 0 Å². The molecule has 2 rings (SSSR count). The van der Waals surface area contributed by atoms with Crippen molar-refractivity contribution in [3.8, 4) is 11.5 Å². The lowest BCUT2D eigenvalue weighted by Crippen LogP contribution is -2.08. The molecular formula is C23H22O6. The van der Waals surface area contributed by atoms with Crippen LogP contribution in [0.3, 0.4) is 0 Å². The Kier molecular flexibility index (Phi) is 7.79. The first-order chi connectivity index (χ1) is 13.9. The Labute approximate surface area is 169 Å². The summed E-state index contributed by atoms with van der Waals surface area (Å²) in [5.41, 5.74) is 1.22. The number of aliphatic carboxylic acids is 1. The Hall–Kier alpha value is -3.80. The van der Waals surface area contributed by atoms with Crippen LogP contribution in [0.4, 0.5) is 0 Å². The molecule has 0 amide bonds. The van der Waals surface area contributed by atoms with Crippen molar-refractivity contribution in [2.75, 3.05) is 14.2 Å². The number of aliphatic hydroxyl groups is 1. The highest BCUT2D eigenvalue weighted by molar-refractivity contribution is 6.09. The van der Waals surface area contributed by atoms with Gasteiger partial charge in [-0.2, -0.15) is 0 Å². The van der Waals surface area contributed by atoms with Crippen LogP contribution >= 0.6 is 0 Å². The van der Waals surface area contributed by atoms with E-state index >= 15 is 0 Å². The molecule has 2 aromatic rings. The van der Waals surface area contributed by atoms with E-state index in [1.807, 2.05) is 0 Å². The molecule has 2 N–H and O–H groups in total. The molecule has 0 aliphatic carbocycles. The van der Waals surface area contributed by atoms with Crippen molar-refractivity contribution in [1.29, 1.82) is 0 Å². The first-order valence-corrected chi connectivity index (χ1v) is 8.75. The number of carbonyl (C=O) groups is 2. The van der Waals surface area contributed by atoms with Gasteiger partial charge < -0.3 is 19.7 Å². The van der Waals surface area contributed by atoms with Crippen LogP contribution in [0.15, 0.2) is 72.0 Å². The topological polar surface area (TPSA) is 93.1 Å². The van der Waals surface area contributed by atoms with E-state index in [-0.39, 0.29) is 5.57 Å². The van der Waals surface area contributed by atoms with Crippen LogP contribution in [-0.4, -0.2) is 36.2 Å². The smallest absolute Gasteiger partial charge is 0.308 e. The second-order valence-corrected chi connectivity index (χ2v) is 6.02. The standard InChI is InChI=1S/C23H22O6/c1-28-18-7-3-5-16(13-18)9-11-21(24)20(15-23(26)27)22(25)12-10-17-6-4-8-19(14-17)29-2/h3-14,24H,15H2,1-2H3,(H,26,27)/b11-9+,12-10+,21-20?. The zero-order valence-electron chi connectivity index (χ0n) is 16.2. The minimum absolute atomic E-state index is 0.212. The van der Waals surface area contributed by atoms with Crippen molar-refractivity contribution in [1.82, 2.24) is 0 Å². The normalized spacial score (nSPS) is 12.1. The molecule has 0 fully saturated rings. The van der Waals surface area contributed by atoms with Crippen LogP contribution in [0.1, 0.15) is 17.5 Å². The fourth-order valence-electron chi connectivity index (χ4n) is 2.49. The van der Waals surface area contributed by atoms with Gasteiger partial charge in [0.25, 0.3) is 0 Å². The first kappa shape index (κ1) is 21.5. The number of allylic oxidation sites excluding steroid dienone is 2.